The fourth-order valence-electron chi connectivity index (χ4n) is 2.06. The number of rotatable bonds is 4. The van der Waals surface area contributed by atoms with Gasteiger partial charge in [0.1, 0.15) is 5.56 Å². The van der Waals surface area contributed by atoms with Crippen molar-refractivity contribution in [3.63, 3.8) is 0 Å². The Morgan fingerprint density at radius 3 is 2.63 bits per heavy atom. The summed E-state index contributed by atoms with van der Waals surface area (Å²) >= 11 is 0. The van der Waals surface area contributed by atoms with Gasteiger partial charge in [-0.3, -0.25) is 0 Å². The Bertz CT molecular complexity index is 617. The highest BCUT2D eigenvalue weighted by molar-refractivity contribution is 5.92. The molecule has 1 aromatic heterocycles. The molecule has 0 saturated heterocycles. The van der Waals surface area contributed by atoms with Crippen LogP contribution in [0.5, 0.6) is 5.88 Å². The largest absolute Gasteiger partial charge is 0.480 e. The number of methoxy groups -OCH3 is 1. The van der Waals surface area contributed by atoms with Crippen LogP contribution in [0.3, 0.4) is 0 Å². The Hall–Kier alpha value is -2.30. The minimum absolute atomic E-state index is 0.133. The molecule has 1 N–H and O–H groups in total. The molecule has 1 heterocycles. The Kier molecular flexibility index (Phi) is 3.55. The van der Waals surface area contributed by atoms with Crippen molar-refractivity contribution >= 4 is 5.97 Å². The Morgan fingerprint density at radius 1 is 1.42 bits per heavy atom. The highest BCUT2D eigenvalue weighted by atomic mass is 16.5. The fraction of sp³-hybridized carbons (Fsp3) is 0.286. The monoisotopic (exact) mass is 260 g/mol. The molecule has 0 spiro atoms. The van der Waals surface area contributed by atoms with Crippen molar-refractivity contribution in [1.29, 1.82) is 0 Å². The first kappa shape index (κ1) is 13.1. The first-order chi connectivity index (χ1) is 9.10. The number of carboxylic acid groups (broad SMARTS) is 1. The normalized spacial score (nSPS) is 10.5. The van der Waals surface area contributed by atoms with Crippen LogP contribution < -0.4 is 4.74 Å². The number of benzene rings is 1. The molecule has 0 saturated carbocycles. The van der Waals surface area contributed by atoms with Crippen LogP contribution in [0.4, 0.5) is 0 Å². The lowest BCUT2D eigenvalue weighted by atomic mass is 10.2. The lowest BCUT2D eigenvalue weighted by molar-refractivity contribution is 0.0692. The summed E-state index contributed by atoms with van der Waals surface area (Å²) in [5.74, 6) is -0.757. The van der Waals surface area contributed by atoms with Crippen molar-refractivity contribution < 1.29 is 14.6 Å². The minimum Gasteiger partial charge on any atom is -0.480 e. The number of hydrogen-bond acceptors (Lipinski definition) is 3. The first-order valence-corrected chi connectivity index (χ1v) is 6.05. The second kappa shape index (κ2) is 5.14. The summed E-state index contributed by atoms with van der Waals surface area (Å²) in [6.45, 7) is 3.82. The van der Waals surface area contributed by atoms with Crippen molar-refractivity contribution in [2.75, 3.05) is 7.11 Å². The molecule has 0 bridgehead atoms. The van der Waals surface area contributed by atoms with E-state index in [4.69, 9.17) is 4.74 Å². The maximum atomic E-state index is 11.4. The average molecular weight is 260 g/mol. The number of hydrogen-bond donors (Lipinski definition) is 1. The average Bonchev–Trinajstić information content (AvgIpc) is 2.77. The quantitative estimate of drug-likeness (QED) is 0.917. The van der Waals surface area contributed by atoms with E-state index in [2.05, 4.69) is 5.10 Å². The smallest absolute Gasteiger partial charge is 0.343 e. The zero-order valence-corrected chi connectivity index (χ0v) is 11.2. The second-order valence-electron chi connectivity index (χ2n) is 4.19. The molecule has 100 valence electrons. The van der Waals surface area contributed by atoms with E-state index in [1.807, 2.05) is 38.1 Å². The van der Waals surface area contributed by atoms with E-state index < -0.39 is 5.97 Å². The molecule has 5 heteroatoms. The van der Waals surface area contributed by atoms with E-state index in [1.54, 1.807) is 4.68 Å². The molecule has 0 fully saturated rings. The zero-order valence-electron chi connectivity index (χ0n) is 11.2. The van der Waals surface area contributed by atoms with Gasteiger partial charge in [-0.05, 0) is 25.0 Å². The molecule has 0 amide bonds. The molecule has 0 aliphatic carbocycles. The van der Waals surface area contributed by atoms with E-state index in [9.17, 15) is 9.90 Å². The van der Waals surface area contributed by atoms with Crippen LogP contribution in [0.1, 0.15) is 28.5 Å². The number of aryl methyl sites for hydroxylation is 2. The van der Waals surface area contributed by atoms with Crippen molar-refractivity contribution in [2.24, 2.45) is 0 Å². The zero-order chi connectivity index (χ0) is 14.0. The SMILES string of the molecule is CCc1nn(-c2ccccc2C)c(OC)c1C(=O)O. The van der Waals surface area contributed by atoms with Gasteiger partial charge in [0.05, 0.1) is 18.5 Å². The van der Waals surface area contributed by atoms with E-state index in [1.165, 1.54) is 7.11 Å². The third kappa shape index (κ3) is 2.19. The summed E-state index contributed by atoms with van der Waals surface area (Å²) in [6, 6.07) is 7.64. The van der Waals surface area contributed by atoms with Crippen molar-refractivity contribution in [3.05, 3.63) is 41.1 Å². The van der Waals surface area contributed by atoms with E-state index in [-0.39, 0.29) is 11.4 Å². The summed E-state index contributed by atoms with van der Waals surface area (Å²) < 4.78 is 6.80. The van der Waals surface area contributed by atoms with Gasteiger partial charge in [0.2, 0.25) is 5.88 Å². The molecule has 1 aromatic carbocycles. The molecule has 19 heavy (non-hydrogen) atoms. The molecule has 0 atom stereocenters. The minimum atomic E-state index is -1.02. The van der Waals surface area contributed by atoms with Gasteiger partial charge in [-0.15, -0.1) is 0 Å². The van der Waals surface area contributed by atoms with Gasteiger partial charge < -0.3 is 9.84 Å². The number of carboxylic acids is 1. The van der Waals surface area contributed by atoms with E-state index in [0.717, 1.165) is 11.3 Å². The van der Waals surface area contributed by atoms with Crippen LogP contribution in [0.2, 0.25) is 0 Å². The third-order valence-electron chi connectivity index (χ3n) is 3.00. The van der Waals surface area contributed by atoms with Gasteiger partial charge in [0.25, 0.3) is 0 Å². The maximum absolute atomic E-state index is 11.4. The number of nitrogens with zero attached hydrogens (tertiary/aromatic N) is 2. The van der Waals surface area contributed by atoms with Crippen LogP contribution in [-0.4, -0.2) is 28.0 Å². The number of aromatic carboxylic acids is 1. The molecule has 2 aromatic rings. The number of para-hydroxylation sites is 1. The molecular formula is C14H16N2O3. The Morgan fingerprint density at radius 2 is 2.11 bits per heavy atom. The molecule has 0 unspecified atom stereocenters. The highest BCUT2D eigenvalue weighted by Gasteiger charge is 2.24. The molecule has 0 aliphatic rings. The summed E-state index contributed by atoms with van der Waals surface area (Å²) in [5, 5.41) is 13.7. The maximum Gasteiger partial charge on any atom is 0.343 e. The first-order valence-electron chi connectivity index (χ1n) is 6.05. The number of carbonyl (C=O) groups is 1. The predicted molar refractivity (Wildman–Crippen MR) is 71.2 cm³/mol. The van der Waals surface area contributed by atoms with E-state index >= 15 is 0 Å². The molecular weight excluding hydrogens is 244 g/mol. The lowest BCUT2D eigenvalue weighted by Gasteiger charge is -2.09. The predicted octanol–water partition coefficient (Wildman–Crippen LogP) is 2.45. The fourth-order valence-corrected chi connectivity index (χ4v) is 2.06. The van der Waals surface area contributed by atoms with Gasteiger partial charge in [0.15, 0.2) is 0 Å². The van der Waals surface area contributed by atoms with Crippen molar-refractivity contribution in [1.82, 2.24) is 9.78 Å². The van der Waals surface area contributed by atoms with Gasteiger partial charge in [-0.25, -0.2) is 4.79 Å². The molecule has 0 radical (unpaired) electrons. The number of aromatic nitrogens is 2. The van der Waals surface area contributed by atoms with Crippen molar-refractivity contribution in [3.8, 4) is 11.6 Å². The van der Waals surface area contributed by atoms with Gasteiger partial charge in [-0.1, -0.05) is 25.1 Å². The van der Waals surface area contributed by atoms with Gasteiger partial charge >= 0.3 is 5.97 Å². The lowest BCUT2D eigenvalue weighted by Crippen LogP contribution is -2.04. The van der Waals surface area contributed by atoms with Crippen LogP contribution in [0.25, 0.3) is 5.69 Å². The summed E-state index contributed by atoms with van der Waals surface area (Å²) in [7, 11) is 1.46. The van der Waals surface area contributed by atoms with Crippen LogP contribution in [-0.2, 0) is 6.42 Å². The second-order valence-corrected chi connectivity index (χ2v) is 4.19. The Balaban J connectivity index is 2.71. The number of ether oxygens (including phenoxy) is 1. The van der Waals surface area contributed by atoms with Crippen LogP contribution in [0, 0.1) is 6.92 Å². The van der Waals surface area contributed by atoms with Gasteiger partial charge in [0, 0.05) is 0 Å². The summed E-state index contributed by atoms with van der Waals surface area (Å²) in [4.78, 5) is 11.4. The highest BCUT2D eigenvalue weighted by Crippen LogP contribution is 2.27. The topological polar surface area (TPSA) is 64.4 Å². The standard InChI is InChI=1S/C14H16N2O3/c1-4-10-12(14(17)18)13(19-3)16(15-10)11-8-6-5-7-9(11)2/h5-8H,4H2,1-3H3,(H,17,18). The third-order valence-corrected chi connectivity index (χ3v) is 3.00. The summed E-state index contributed by atoms with van der Waals surface area (Å²) in [5.41, 5.74) is 2.48. The van der Waals surface area contributed by atoms with Gasteiger partial charge in [-0.2, -0.15) is 9.78 Å². The van der Waals surface area contributed by atoms with Crippen LogP contribution in [0.15, 0.2) is 24.3 Å². The van der Waals surface area contributed by atoms with E-state index in [0.29, 0.717) is 12.1 Å². The van der Waals surface area contributed by atoms with Crippen molar-refractivity contribution in [2.45, 2.75) is 20.3 Å². The van der Waals surface area contributed by atoms with Crippen LogP contribution >= 0.6 is 0 Å². The Labute approximate surface area is 111 Å². The molecule has 2 rings (SSSR count). The summed E-state index contributed by atoms with van der Waals surface area (Å²) in [6.07, 6.45) is 0.539. The molecule has 5 nitrogen and oxygen atoms in total. The molecule has 0 aliphatic heterocycles.